The summed E-state index contributed by atoms with van der Waals surface area (Å²) in [5.41, 5.74) is 6.32. The predicted molar refractivity (Wildman–Crippen MR) is 74.5 cm³/mol. The molecule has 1 heterocycles. The van der Waals surface area contributed by atoms with Gasteiger partial charge in [-0.1, -0.05) is 0 Å². The van der Waals surface area contributed by atoms with Crippen LogP contribution in [-0.2, 0) is 4.79 Å². The third kappa shape index (κ3) is 2.96. The highest BCUT2D eigenvalue weighted by Crippen LogP contribution is 2.28. The first-order chi connectivity index (χ1) is 8.58. The molecule has 1 fully saturated rings. The Bertz CT molecular complexity index is 445. The van der Waals surface area contributed by atoms with Crippen LogP contribution in [0.3, 0.4) is 0 Å². The molecule has 1 aliphatic heterocycles. The fourth-order valence-electron chi connectivity index (χ4n) is 2.05. The van der Waals surface area contributed by atoms with Crippen molar-refractivity contribution in [1.29, 1.82) is 0 Å². The van der Waals surface area contributed by atoms with Crippen LogP contribution in [0.15, 0.2) is 22.7 Å². The summed E-state index contributed by atoms with van der Waals surface area (Å²) >= 11 is 3.39. The number of hydrogen-bond donors (Lipinski definition) is 1. The van der Waals surface area contributed by atoms with Gasteiger partial charge in [0.15, 0.2) is 6.10 Å². The molecule has 4 nitrogen and oxygen atoms in total. The summed E-state index contributed by atoms with van der Waals surface area (Å²) in [6.45, 7) is 3.45. The van der Waals surface area contributed by atoms with Gasteiger partial charge in [0.05, 0.1) is 4.47 Å². The Labute approximate surface area is 115 Å². The van der Waals surface area contributed by atoms with Gasteiger partial charge < -0.3 is 15.4 Å². The Kier molecular flexibility index (Phi) is 4.11. The van der Waals surface area contributed by atoms with E-state index in [-0.39, 0.29) is 5.91 Å². The van der Waals surface area contributed by atoms with Gasteiger partial charge in [-0.15, -0.1) is 0 Å². The van der Waals surface area contributed by atoms with E-state index in [4.69, 9.17) is 10.5 Å². The molecule has 98 valence electrons. The smallest absolute Gasteiger partial charge is 0.263 e. The molecule has 1 atom stereocenters. The van der Waals surface area contributed by atoms with Gasteiger partial charge in [0.25, 0.3) is 5.91 Å². The van der Waals surface area contributed by atoms with E-state index in [2.05, 4.69) is 15.9 Å². The van der Waals surface area contributed by atoms with Crippen LogP contribution >= 0.6 is 15.9 Å². The SMILES string of the molecule is CC(Oc1cc(N)ccc1Br)C(=O)N1CCCC1. The number of nitrogen functional groups attached to an aromatic ring is 1. The van der Waals surface area contributed by atoms with E-state index in [1.54, 1.807) is 19.1 Å². The quantitative estimate of drug-likeness (QED) is 0.872. The summed E-state index contributed by atoms with van der Waals surface area (Å²) in [4.78, 5) is 14.0. The Hall–Kier alpha value is -1.23. The van der Waals surface area contributed by atoms with Crippen molar-refractivity contribution in [2.24, 2.45) is 0 Å². The summed E-state index contributed by atoms with van der Waals surface area (Å²) in [5, 5.41) is 0. The summed E-state index contributed by atoms with van der Waals surface area (Å²) in [6.07, 6.45) is 1.68. The van der Waals surface area contributed by atoms with Crippen LogP contribution in [0.1, 0.15) is 19.8 Å². The van der Waals surface area contributed by atoms with Crippen LogP contribution < -0.4 is 10.5 Å². The van der Waals surface area contributed by atoms with Crippen molar-refractivity contribution >= 4 is 27.5 Å². The second kappa shape index (κ2) is 5.61. The number of nitrogens with two attached hydrogens (primary N) is 1. The lowest BCUT2D eigenvalue weighted by atomic mass is 10.3. The number of carbonyl (C=O) groups excluding carboxylic acids is 1. The second-order valence-electron chi connectivity index (χ2n) is 4.48. The maximum Gasteiger partial charge on any atom is 0.263 e. The zero-order valence-corrected chi connectivity index (χ0v) is 11.9. The average molecular weight is 313 g/mol. The summed E-state index contributed by atoms with van der Waals surface area (Å²) < 4.78 is 6.49. The molecule has 0 aliphatic carbocycles. The number of amides is 1. The number of anilines is 1. The highest BCUT2D eigenvalue weighted by Gasteiger charge is 2.24. The van der Waals surface area contributed by atoms with Gasteiger partial charge in [0.2, 0.25) is 0 Å². The highest BCUT2D eigenvalue weighted by molar-refractivity contribution is 9.10. The van der Waals surface area contributed by atoms with Crippen molar-refractivity contribution in [2.75, 3.05) is 18.8 Å². The largest absolute Gasteiger partial charge is 0.480 e. The fourth-order valence-corrected chi connectivity index (χ4v) is 2.39. The topological polar surface area (TPSA) is 55.6 Å². The number of rotatable bonds is 3. The third-order valence-corrected chi connectivity index (χ3v) is 3.68. The Morgan fingerprint density at radius 1 is 1.44 bits per heavy atom. The highest BCUT2D eigenvalue weighted by atomic mass is 79.9. The van der Waals surface area contributed by atoms with E-state index in [0.29, 0.717) is 11.4 Å². The molecule has 1 aliphatic rings. The van der Waals surface area contributed by atoms with E-state index >= 15 is 0 Å². The molecule has 0 saturated carbocycles. The normalized spacial score (nSPS) is 16.7. The molecule has 2 rings (SSSR count). The van der Waals surface area contributed by atoms with Gasteiger partial charge in [-0.25, -0.2) is 0 Å². The number of likely N-dealkylation sites (tertiary alicyclic amines) is 1. The number of nitrogens with zero attached hydrogens (tertiary/aromatic N) is 1. The van der Waals surface area contributed by atoms with Crippen LogP contribution in [-0.4, -0.2) is 30.0 Å². The van der Waals surface area contributed by atoms with Crippen molar-refractivity contribution in [3.05, 3.63) is 22.7 Å². The lowest BCUT2D eigenvalue weighted by Crippen LogP contribution is -2.38. The van der Waals surface area contributed by atoms with Crippen molar-refractivity contribution < 1.29 is 9.53 Å². The molecule has 1 aromatic rings. The fraction of sp³-hybridized carbons (Fsp3) is 0.462. The third-order valence-electron chi connectivity index (χ3n) is 3.02. The molecule has 0 radical (unpaired) electrons. The monoisotopic (exact) mass is 312 g/mol. The van der Waals surface area contributed by atoms with E-state index < -0.39 is 6.10 Å². The Balaban J connectivity index is 2.03. The van der Waals surface area contributed by atoms with Crippen molar-refractivity contribution in [3.63, 3.8) is 0 Å². The molecule has 1 amide bonds. The van der Waals surface area contributed by atoms with Gasteiger partial charge in [0.1, 0.15) is 5.75 Å². The molecule has 0 aromatic heterocycles. The molecular weight excluding hydrogens is 296 g/mol. The van der Waals surface area contributed by atoms with Gasteiger partial charge in [-0.2, -0.15) is 0 Å². The standard InChI is InChI=1S/C13H17BrN2O2/c1-9(13(17)16-6-2-3-7-16)18-12-8-10(15)4-5-11(12)14/h4-5,8-9H,2-3,6-7,15H2,1H3. The molecule has 1 saturated heterocycles. The average Bonchev–Trinajstić information content (AvgIpc) is 2.86. The second-order valence-corrected chi connectivity index (χ2v) is 5.34. The first kappa shape index (κ1) is 13.2. The van der Waals surface area contributed by atoms with E-state index in [1.807, 2.05) is 11.0 Å². The molecule has 0 spiro atoms. The molecule has 5 heteroatoms. The lowest BCUT2D eigenvalue weighted by molar-refractivity contribution is -0.136. The zero-order valence-electron chi connectivity index (χ0n) is 10.4. The molecular formula is C13H17BrN2O2. The van der Waals surface area contributed by atoms with Gasteiger partial charge in [-0.05, 0) is 47.8 Å². The van der Waals surface area contributed by atoms with Crippen molar-refractivity contribution in [2.45, 2.75) is 25.9 Å². The molecule has 1 unspecified atom stereocenters. The number of hydrogen-bond acceptors (Lipinski definition) is 3. The maximum absolute atomic E-state index is 12.1. The van der Waals surface area contributed by atoms with Crippen LogP contribution in [0, 0.1) is 0 Å². The van der Waals surface area contributed by atoms with E-state index in [1.165, 1.54) is 0 Å². The lowest BCUT2D eigenvalue weighted by Gasteiger charge is -2.21. The van der Waals surface area contributed by atoms with Gasteiger partial charge >= 0.3 is 0 Å². The predicted octanol–water partition coefficient (Wildman–Crippen LogP) is 2.42. The zero-order chi connectivity index (χ0) is 13.1. The minimum absolute atomic E-state index is 0.0434. The van der Waals surface area contributed by atoms with Gasteiger partial charge in [-0.3, -0.25) is 4.79 Å². The van der Waals surface area contributed by atoms with Crippen molar-refractivity contribution in [1.82, 2.24) is 4.90 Å². The molecule has 0 bridgehead atoms. The Morgan fingerprint density at radius 2 is 2.11 bits per heavy atom. The maximum atomic E-state index is 12.1. The molecule has 18 heavy (non-hydrogen) atoms. The number of carbonyl (C=O) groups is 1. The molecule has 2 N–H and O–H groups in total. The van der Waals surface area contributed by atoms with Crippen LogP contribution in [0.4, 0.5) is 5.69 Å². The van der Waals surface area contributed by atoms with E-state index in [9.17, 15) is 4.79 Å². The number of halogens is 1. The minimum atomic E-state index is -0.485. The number of ether oxygens (including phenoxy) is 1. The van der Waals surface area contributed by atoms with Gasteiger partial charge in [0, 0.05) is 24.8 Å². The summed E-state index contributed by atoms with van der Waals surface area (Å²) in [7, 11) is 0. The van der Waals surface area contributed by atoms with Crippen LogP contribution in [0.5, 0.6) is 5.75 Å². The van der Waals surface area contributed by atoms with E-state index in [0.717, 1.165) is 30.4 Å². The van der Waals surface area contributed by atoms with Crippen molar-refractivity contribution in [3.8, 4) is 5.75 Å². The first-order valence-corrected chi connectivity index (χ1v) is 6.87. The minimum Gasteiger partial charge on any atom is -0.480 e. The first-order valence-electron chi connectivity index (χ1n) is 6.08. The van der Waals surface area contributed by atoms with Crippen LogP contribution in [0.25, 0.3) is 0 Å². The summed E-state index contributed by atoms with van der Waals surface area (Å²) in [6, 6.07) is 5.32. The number of benzene rings is 1. The Morgan fingerprint density at radius 3 is 2.78 bits per heavy atom. The molecule has 1 aromatic carbocycles. The summed E-state index contributed by atoms with van der Waals surface area (Å²) in [5.74, 6) is 0.650. The van der Waals surface area contributed by atoms with Crippen LogP contribution in [0.2, 0.25) is 0 Å².